The number of halogens is 1. The van der Waals surface area contributed by atoms with Crippen molar-refractivity contribution in [2.45, 2.75) is 16.1 Å². The minimum absolute atomic E-state index is 0.152. The summed E-state index contributed by atoms with van der Waals surface area (Å²) in [7, 11) is -2.08. The molecule has 0 spiro atoms. The van der Waals surface area contributed by atoms with Crippen molar-refractivity contribution in [3.63, 3.8) is 0 Å². The van der Waals surface area contributed by atoms with Gasteiger partial charge in [-0.05, 0) is 29.8 Å². The van der Waals surface area contributed by atoms with Crippen LogP contribution >= 0.6 is 0 Å². The summed E-state index contributed by atoms with van der Waals surface area (Å²) in [6.07, 6.45) is 0. The van der Waals surface area contributed by atoms with Crippen LogP contribution in [0.15, 0.2) is 59.5 Å². The molecule has 3 rings (SSSR count). The summed E-state index contributed by atoms with van der Waals surface area (Å²) in [5, 5.41) is -0.723. The van der Waals surface area contributed by atoms with Gasteiger partial charge in [-0.3, -0.25) is 0 Å². The molecule has 1 fully saturated rings. The van der Waals surface area contributed by atoms with Crippen molar-refractivity contribution < 1.29 is 17.5 Å². The molecular weight excluding hydrogens is 329 g/mol. The molecule has 1 aliphatic rings. The lowest BCUT2D eigenvalue weighted by Crippen LogP contribution is -2.28. The smallest absolute Gasteiger partial charge is 0.182 e. The van der Waals surface area contributed by atoms with Crippen molar-refractivity contribution in [1.82, 2.24) is 0 Å². The van der Waals surface area contributed by atoms with Crippen LogP contribution in [-0.2, 0) is 14.6 Å². The van der Waals surface area contributed by atoms with Gasteiger partial charge in [0.15, 0.2) is 9.84 Å². The van der Waals surface area contributed by atoms with E-state index in [1.54, 1.807) is 42.5 Å². The highest BCUT2D eigenvalue weighted by Gasteiger charge is 2.70. The van der Waals surface area contributed by atoms with E-state index in [9.17, 15) is 12.8 Å². The summed E-state index contributed by atoms with van der Waals surface area (Å²) in [6.45, 7) is 0.361. The maximum Gasteiger partial charge on any atom is 0.182 e. The molecular formula is C18H20FNO3S. The third-order valence-electron chi connectivity index (χ3n) is 4.79. The van der Waals surface area contributed by atoms with E-state index in [1.807, 2.05) is 0 Å². The van der Waals surface area contributed by atoms with Crippen molar-refractivity contribution in [2.75, 3.05) is 20.3 Å². The second-order valence-electron chi connectivity index (χ2n) is 6.18. The number of ether oxygens (including phenoxy) is 1. The van der Waals surface area contributed by atoms with Crippen LogP contribution < -0.4 is 5.73 Å². The number of benzene rings is 2. The quantitative estimate of drug-likeness (QED) is 0.869. The molecule has 0 aromatic heterocycles. The fourth-order valence-electron chi connectivity index (χ4n) is 3.65. The van der Waals surface area contributed by atoms with Crippen LogP contribution in [0.3, 0.4) is 0 Å². The lowest BCUT2D eigenvalue weighted by Gasteiger charge is -2.14. The summed E-state index contributed by atoms with van der Waals surface area (Å²) in [4.78, 5) is 0.253. The first-order chi connectivity index (χ1) is 11.5. The molecule has 0 saturated heterocycles. The van der Waals surface area contributed by atoms with Gasteiger partial charge in [0.25, 0.3) is 0 Å². The van der Waals surface area contributed by atoms with E-state index in [0.717, 1.165) is 0 Å². The molecule has 6 heteroatoms. The normalized spacial score (nSPS) is 26.3. The van der Waals surface area contributed by atoms with Crippen LogP contribution in [0.5, 0.6) is 0 Å². The highest BCUT2D eigenvalue weighted by Crippen LogP contribution is 2.63. The molecule has 128 valence electrons. The van der Waals surface area contributed by atoms with E-state index >= 15 is 0 Å². The van der Waals surface area contributed by atoms with Gasteiger partial charge in [-0.2, -0.15) is 0 Å². The van der Waals surface area contributed by atoms with Gasteiger partial charge in [0, 0.05) is 25.0 Å². The van der Waals surface area contributed by atoms with Gasteiger partial charge < -0.3 is 10.5 Å². The van der Waals surface area contributed by atoms with Crippen LogP contribution in [0.2, 0.25) is 0 Å². The zero-order valence-electron chi connectivity index (χ0n) is 13.4. The van der Waals surface area contributed by atoms with Gasteiger partial charge >= 0.3 is 0 Å². The van der Waals surface area contributed by atoms with E-state index < -0.39 is 26.3 Å². The number of rotatable bonds is 6. The average Bonchev–Trinajstić information content (AvgIpc) is 3.26. The standard InChI is InChI=1S/C18H20FNO3S/c1-23-12-18(11-20)16(13-6-5-7-14(19)10-13)17(18)24(21,22)15-8-3-2-4-9-15/h2-10,16-17H,11-12,20H2,1H3/t16-,17+,18+/m1/s1. The largest absolute Gasteiger partial charge is 0.384 e. The van der Waals surface area contributed by atoms with Crippen molar-refractivity contribution in [3.05, 3.63) is 66.0 Å². The summed E-state index contributed by atoms with van der Waals surface area (Å²) in [5.41, 5.74) is 5.85. The van der Waals surface area contributed by atoms with E-state index in [-0.39, 0.29) is 24.0 Å². The molecule has 0 aliphatic heterocycles. The maximum atomic E-state index is 13.6. The van der Waals surface area contributed by atoms with Gasteiger partial charge in [0.1, 0.15) is 5.82 Å². The summed E-state index contributed by atoms with van der Waals surface area (Å²) < 4.78 is 45.1. The Morgan fingerprint density at radius 3 is 2.46 bits per heavy atom. The molecule has 3 atom stereocenters. The Balaban J connectivity index is 2.07. The monoisotopic (exact) mass is 349 g/mol. The highest BCUT2D eigenvalue weighted by atomic mass is 32.2. The first-order valence-electron chi connectivity index (χ1n) is 7.71. The molecule has 2 aromatic carbocycles. The summed E-state index contributed by atoms with van der Waals surface area (Å²) >= 11 is 0. The van der Waals surface area contributed by atoms with Crippen LogP contribution in [0.25, 0.3) is 0 Å². The predicted octanol–water partition coefficient (Wildman–Crippen LogP) is 2.36. The molecule has 2 aromatic rings. The fourth-order valence-corrected chi connectivity index (χ4v) is 6.11. The lowest BCUT2D eigenvalue weighted by atomic mass is 10.00. The molecule has 0 amide bonds. The zero-order valence-corrected chi connectivity index (χ0v) is 14.2. The Kier molecular flexibility index (Phi) is 4.46. The Hall–Kier alpha value is -1.76. The second kappa shape index (κ2) is 6.27. The number of hydrogen-bond acceptors (Lipinski definition) is 4. The van der Waals surface area contributed by atoms with Gasteiger partial charge in [0.05, 0.1) is 16.8 Å². The molecule has 0 bridgehead atoms. The third kappa shape index (κ3) is 2.64. The Bertz CT molecular complexity index is 825. The van der Waals surface area contributed by atoms with Gasteiger partial charge in [-0.15, -0.1) is 0 Å². The van der Waals surface area contributed by atoms with Gasteiger partial charge in [0.2, 0.25) is 0 Å². The summed E-state index contributed by atoms with van der Waals surface area (Å²) in [6, 6.07) is 14.3. The minimum atomic E-state index is -3.60. The van der Waals surface area contributed by atoms with Crippen LogP contribution in [0, 0.1) is 11.2 Å². The molecule has 24 heavy (non-hydrogen) atoms. The lowest BCUT2D eigenvalue weighted by molar-refractivity contribution is 0.142. The Morgan fingerprint density at radius 1 is 1.17 bits per heavy atom. The second-order valence-corrected chi connectivity index (χ2v) is 8.25. The maximum absolute atomic E-state index is 13.6. The van der Waals surface area contributed by atoms with Crippen LogP contribution in [0.4, 0.5) is 4.39 Å². The third-order valence-corrected chi connectivity index (χ3v) is 7.13. The van der Waals surface area contributed by atoms with E-state index in [1.165, 1.54) is 19.2 Å². The molecule has 4 nitrogen and oxygen atoms in total. The molecule has 0 heterocycles. The SMILES string of the molecule is COC[C@@]1(CN)[C@H](c2cccc(F)c2)[C@@H]1S(=O)(=O)c1ccccc1. The number of methoxy groups -OCH3 is 1. The summed E-state index contributed by atoms with van der Waals surface area (Å²) in [5.74, 6) is -0.776. The number of nitrogens with two attached hydrogens (primary N) is 1. The van der Waals surface area contributed by atoms with Crippen molar-refractivity contribution in [2.24, 2.45) is 11.1 Å². The topological polar surface area (TPSA) is 69.4 Å². The molecule has 2 N–H and O–H groups in total. The van der Waals surface area contributed by atoms with Crippen molar-refractivity contribution >= 4 is 9.84 Å². The van der Waals surface area contributed by atoms with E-state index in [2.05, 4.69) is 0 Å². The van der Waals surface area contributed by atoms with Crippen molar-refractivity contribution in [3.8, 4) is 0 Å². The first kappa shape index (κ1) is 17.1. The van der Waals surface area contributed by atoms with Crippen LogP contribution in [-0.4, -0.2) is 33.9 Å². The van der Waals surface area contributed by atoms with Gasteiger partial charge in [-0.1, -0.05) is 30.3 Å². The molecule has 1 saturated carbocycles. The first-order valence-corrected chi connectivity index (χ1v) is 9.25. The molecule has 1 aliphatic carbocycles. The zero-order chi connectivity index (χ0) is 17.4. The van der Waals surface area contributed by atoms with E-state index in [0.29, 0.717) is 5.56 Å². The fraction of sp³-hybridized carbons (Fsp3) is 0.333. The number of sulfone groups is 1. The Morgan fingerprint density at radius 2 is 1.88 bits per heavy atom. The minimum Gasteiger partial charge on any atom is -0.384 e. The van der Waals surface area contributed by atoms with Gasteiger partial charge in [-0.25, -0.2) is 12.8 Å². The van der Waals surface area contributed by atoms with Crippen LogP contribution in [0.1, 0.15) is 11.5 Å². The molecule has 0 unspecified atom stereocenters. The number of hydrogen-bond donors (Lipinski definition) is 1. The Labute approximate surface area is 141 Å². The van der Waals surface area contributed by atoms with E-state index in [4.69, 9.17) is 10.5 Å². The van der Waals surface area contributed by atoms with Crippen molar-refractivity contribution in [1.29, 1.82) is 0 Å². The molecule has 0 radical (unpaired) electrons. The highest BCUT2D eigenvalue weighted by molar-refractivity contribution is 7.92. The predicted molar refractivity (Wildman–Crippen MR) is 89.9 cm³/mol. The average molecular weight is 349 g/mol.